The minimum Gasteiger partial charge on any atom is -0.508 e. The Bertz CT molecular complexity index is 960. The highest BCUT2D eigenvalue weighted by molar-refractivity contribution is 5.94. The fraction of sp³-hybridized carbons (Fsp3) is 0.381. The Kier molecular flexibility index (Phi) is 8.92. The third-order valence-electron chi connectivity index (χ3n) is 4.77. The largest absolute Gasteiger partial charge is 0.508 e. The first-order valence-electron chi connectivity index (χ1n) is 10.2. The summed E-state index contributed by atoms with van der Waals surface area (Å²) < 4.78 is 0. The lowest BCUT2D eigenvalue weighted by molar-refractivity contribution is -0.142. The summed E-state index contributed by atoms with van der Waals surface area (Å²) in [5, 5.41) is 26.4. The number of hydrogen-bond acceptors (Lipinski definition) is 7. The molecule has 1 heterocycles. The number of carbonyl (C=O) groups excluding carboxylic acids is 3. The molecule has 8 N–H and O–H groups in total. The Balaban J connectivity index is 2.12. The number of nitrogens with zero attached hydrogens (tertiary/aromatic N) is 1. The topological polar surface area (TPSA) is 200 Å². The summed E-state index contributed by atoms with van der Waals surface area (Å²) in [5.74, 6) is -3.14. The van der Waals surface area contributed by atoms with Gasteiger partial charge in [0.25, 0.3) is 0 Å². The molecule has 3 amide bonds. The van der Waals surface area contributed by atoms with Gasteiger partial charge in [0.15, 0.2) is 0 Å². The van der Waals surface area contributed by atoms with Gasteiger partial charge in [-0.25, -0.2) is 9.78 Å². The van der Waals surface area contributed by atoms with Crippen molar-refractivity contribution >= 4 is 23.7 Å². The van der Waals surface area contributed by atoms with Gasteiger partial charge >= 0.3 is 5.97 Å². The molecule has 0 aliphatic heterocycles. The van der Waals surface area contributed by atoms with Crippen molar-refractivity contribution in [3.63, 3.8) is 0 Å². The van der Waals surface area contributed by atoms with Crippen LogP contribution in [-0.4, -0.2) is 68.0 Å². The summed E-state index contributed by atoms with van der Waals surface area (Å²) >= 11 is 0. The zero-order valence-corrected chi connectivity index (χ0v) is 18.2. The number of hydrogen-bond donors (Lipinski definition) is 7. The molecule has 0 radical (unpaired) electrons. The van der Waals surface area contributed by atoms with Gasteiger partial charge in [-0.15, -0.1) is 0 Å². The summed E-state index contributed by atoms with van der Waals surface area (Å²) in [6.07, 6.45) is 2.85. The molecule has 0 bridgehead atoms. The quantitative estimate of drug-likeness (QED) is 0.217. The van der Waals surface area contributed by atoms with Gasteiger partial charge in [0.2, 0.25) is 17.7 Å². The molecule has 2 aromatic rings. The highest BCUT2D eigenvalue weighted by atomic mass is 16.4. The summed E-state index contributed by atoms with van der Waals surface area (Å²) in [6, 6.07) is 1.69. The molecule has 12 heteroatoms. The second-order valence-corrected chi connectivity index (χ2v) is 7.63. The number of carboxylic acids is 1. The van der Waals surface area contributed by atoms with Crippen molar-refractivity contribution in [2.24, 2.45) is 5.73 Å². The van der Waals surface area contributed by atoms with Gasteiger partial charge in [-0.2, -0.15) is 0 Å². The minimum absolute atomic E-state index is 0.0110. The van der Waals surface area contributed by atoms with E-state index in [2.05, 4.69) is 25.9 Å². The molecule has 4 unspecified atom stereocenters. The van der Waals surface area contributed by atoms with Crippen molar-refractivity contribution in [2.75, 3.05) is 0 Å². The third kappa shape index (κ3) is 7.92. The van der Waals surface area contributed by atoms with E-state index in [1.165, 1.54) is 38.5 Å². The number of H-pyrrole nitrogens is 1. The van der Waals surface area contributed by atoms with Crippen molar-refractivity contribution in [1.29, 1.82) is 0 Å². The number of carboxylic acid groups (broad SMARTS) is 1. The van der Waals surface area contributed by atoms with Crippen LogP contribution in [0.4, 0.5) is 0 Å². The molecule has 0 spiro atoms. The maximum atomic E-state index is 12.9. The molecule has 0 saturated heterocycles. The lowest BCUT2D eigenvalue weighted by Crippen LogP contribution is -2.57. The Labute approximate surface area is 190 Å². The van der Waals surface area contributed by atoms with Gasteiger partial charge < -0.3 is 36.9 Å². The van der Waals surface area contributed by atoms with Crippen LogP contribution in [0, 0.1) is 0 Å². The Morgan fingerprint density at radius 3 is 2.15 bits per heavy atom. The zero-order chi connectivity index (χ0) is 24.5. The number of phenolic OH excluding ortho intramolecular Hbond substituents is 1. The number of aromatic amines is 1. The highest BCUT2D eigenvalue weighted by Crippen LogP contribution is 2.12. The number of phenols is 1. The lowest BCUT2D eigenvalue weighted by Gasteiger charge is -2.23. The van der Waals surface area contributed by atoms with Crippen molar-refractivity contribution in [3.8, 4) is 5.75 Å². The predicted octanol–water partition coefficient (Wildman–Crippen LogP) is -1.19. The highest BCUT2D eigenvalue weighted by Gasteiger charge is 2.29. The third-order valence-corrected chi connectivity index (χ3v) is 4.77. The molecule has 0 saturated carbocycles. The number of nitrogens with two attached hydrogens (primary N) is 1. The normalized spacial score (nSPS) is 14.4. The van der Waals surface area contributed by atoms with Crippen LogP contribution >= 0.6 is 0 Å². The number of amides is 3. The van der Waals surface area contributed by atoms with E-state index in [-0.39, 0.29) is 18.6 Å². The van der Waals surface area contributed by atoms with Gasteiger partial charge in [-0.05, 0) is 31.5 Å². The van der Waals surface area contributed by atoms with E-state index >= 15 is 0 Å². The van der Waals surface area contributed by atoms with Crippen LogP contribution in [0.15, 0.2) is 36.8 Å². The van der Waals surface area contributed by atoms with E-state index < -0.39 is 47.9 Å². The first-order chi connectivity index (χ1) is 15.6. The van der Waals surface area contributed by atoms with Gasteiger partial charge in [0.05, 0.1) is 12.4 Å². The molecule has 2 rings (SSSR count). The summed E-state index contributed by atoms with van der Waals surface area (Å²) in [4.78, 5) is 55.7. The molecule has 12 nitrogen and oxygen atoms in total. The van der Waals surface area contributed by atoms with Crippen LogP contribution in [0.25, 0.3) is 0 Å². The number of aromatic nitrogens is 2. The average molecular weight is 460 g/mol. The molecule has 0 aliphatic rings. The molecular formula is C21H28N6O6. The van der Waals surface area contributed by atoms with Crippen LogP contribution in [0.3, 0.4) is 0 Å². The molecule has 1 aromatic carbocycles. The van der Waals surface area contributed by atoms with Crippen LogP contribution in [0.2, 0.25) is 0 Å². The van der Waals surface area contributed by atoms with Gasteiger partial charge in [0, 0.05) is 24.7 Å². The summed E-state index contributed by atoms with van der Waals surface area (Å²) in [7, 11) is 0. The molecule has 178 valence electrons. The maximum Gasteiger partial charge on any atom is 0.326 e. The summed E-state index contributed by atoms with van der Waals surface area (Å²) in [5.41, 5.74) is 6.61. The van der Waals surface area contributed by atoms with Crippen molar-refractivity contribution in [2.45, 2.75) is 50.9 Å². The van der Waals surface area contributed by atoms with Crippen LogP contribution in [0.1, 0.15) is 25.1 Å². The predicted molar refractivity (Wildman–Crippen MR) is 117 cm³/mol. The minimum atomic E-state index is -1.28. The Morgan fingerprint density at radius 1 is 0.970 bits per heavy atom. The second-order valence-electron chi connectivity index (χ2n) is 7.63. The Hall–Kier alpha value is -3.93. The first kappa shape index (κ1) is 25.3. The number of carbonyl (C=O) groups is 4. The molecule has 0 aliphatic carbocycles. The monoisotopic (exact) mass is 460 g/mol. The van der Waals surface area contributed by atoms with E-state index in [9.17, 15) is 29.4 Å². The average Bonchev–Trinajstić information content (AvgIpc) is 3.27. The first-order valence-corrected chi connectivity index (χ1v) is 10.2. The molecule has 1 aromatic heterocycles. The van der Waals surface area contributed by atoms with Crippen molar-refractivity contribution in [3.05, 3.63) is 48.0 Å². The molecular weight excluding hydrogens is 432 g/mol. The zero-order valence-electron chi connectivity index (χ0n) is 18.2. The standard InChI is InChI=1S/C21H28N6O6/c1-11(22)18(29)25-12(2)19(30)26-16(8-14-9-23-10-24-14)20(31)27-17(21(32)33)7-13-3-5-15(28)6-4-13/h3-6,9-12,16-17,28H,7-8,22H2,1-2H3,(H,23,24)(H,25,29)(H,26,30)(H,27,31)(H,32,33). The van der Waals surface area contributed by atoms with Gasteiger partial charge in [-0.1, -0.05) is 12.1 Å². The number of aliphatic carboxylic acids is 1. The van der Waals surface area contributed by atoms with E-state index in [1.807, 2.05) is 0 Å². The number of benzene rings is 1. The molecule has 0 fully saturated rings. The fourth-order valence-electron chi connectivity index (χ4n) is 2.87. The number of nitrogens with one attached hydrogen (secondary N) is 4. The molecule has 4 atom stereocenters. The van der Waals surface area contributed by atoms with Crippen molar-refractivity contribution < 1.29 is 29.4 Å². The lowest BCUT2D eigenvalue weighted by atomic mass is 10.0. The van der Waals surface area contributed by atoms with Crippen molar-refractivity contribution in [1.82, 2.24) is 25.9 Å². The van der Waals surface area contributed by atoms with Crippen LogP contribution in [0.5, 0.6) is 5.75 Å². The van der Waals surface area contributed by atoms with E-state index in [0.29, 0.717) is 11.3 Å². The van der Waals surface area contributed by atoms with E-state index in [1.54, 1.807) is 12.1 Å². The van der Waals surface area contributed by atoms with Crippen LogP contribution in [-0.2, 0) is 32.0 Å². The Morgan fingerprint density at radius 2 is 1.61 bits per heavy atom. The van der Waals surface area contributed by atoms with Crippen LogP contribution < -0.4 is 21.7 Å². The van der Waals surface area contributed by atoms with E-state index in [4.69, 9.17) is 5.73 Å². The van der Waals surface area contributed by atoms with E-state index in [0.717, 1.165) is 0 Å². The second kappa shape index (κ2) is 11.6. The fourth-order valence-corrected chi connectivity index (χ4v) is 2.87. The van der Waals surface area contributed by atoms with Gasteiger partial charge in [-0.3, -0.25) is 14.4 Å². The number of aromatic hydroxyl groups is 1. The summed E-state index contributed by atoms with van der Waals surface area (Å²) in [6.45, 7) is 2.90. The smallest absolute Gasteiger partial charge is 0.326 e. The maximum absolute atomic E-state index is 12.9. The SMILES string of the molecule is CC(N)C(=O)NC(C)C(=O)NC(Cc1cnc[nH]1)C(=O)NC(Cc1ccc(O)cc1)C(=O)O. The van der Waals surface area contributed by atoms with Gasteiger partial charge in [0.1, 0.15) is 23.9 Å². The number of rotatable bonds is 11. The molecule has 33 heavy (non-hydrogen) atoms. The number of imidazole rings is 1.